The van der Waals surface area contributed by atoms with E-state index >= 15 is 0 Å². The number of oxazole rings is 1. The van der Waals surface area contributed by atoms with Gasteiger partial charge in [-0.15, -0.1) is 0 Å². The van der Waals surface area contributed by atoms with E-state index in [2.05, 4.69) is 36.3 Å². The van der Waals surface area contributed by atoms with Gasteiger partial charge >= 0.3 is 0 Å². The predicted octanol–water partition coefficient (Wildman–Crippen LogP) is 3.40. The van der Waals surface area contributed by atoms with E-state index in [0.717, 1.165) is 11.1 Å². The highest BCUT2D eigenvalue weighted by Crippen LogP contribution is 2.23. The molecule has 0 aliphatic carbocycles. The number of hydrogen-bond acceptors (Lipinski definition) is 5. The van der Waals surface area contributed by atoms with Gasteiger partial charge in [-0.25, -0.2) is 18.5 Å². The highest BCUT2D eigenvalue weighted by Gasteiger charge is 2.10. The van der Waals surface area contributed by atoms with Crippen molar-refractivity contribution in [2.24, 2.45) is 5.14 Å². The van der Waals surface area contributed by atoms with Crippen LogP contribution in [0, 0.1) is 0 Å². The van der Waals surface area contributed by atoms with Crippen LogP contribution in [0.4, 0.5) is 0 Å². The molecule has 0 atom stereocenters. The average molecular weight is 442 g/mol. The normalized spacial score (nSPS) is 11.6. The maximum absolute atomic E-state index is 12.1. The Bertz CT molecular complexity index is 1120. The number of carbonyl (C=O) groups is 1. The molecule has 0 saturated heterocycles. The van der Waals surface area contributed by atoms with Gasteiger partial charge in [0.15, 0.2) is 11.7 Å². The Morgan fingerprint density at radius 1 is 1.06 bits per heavy atom. The van der Waals surface area contributed by atoms with Crippen LogP contribution >= 0.6 is 0 Å². The molecule has 1 aromatic heterocycles. The van der Waals surface area contributed by atoms with E-state index in [-0.39, 0.29) is 17.2 Å². The zero-order valence-corrected chi connectivity index (χ0v) is 18.5. The zero-order valence-electron chi connectivity index (χ0n) is 17.7. The molecule has 8 heteroatoms. The first-order chi connectivity index (χ1) is 14.7. The standard InChI is InChI=1S/C23H27N3O4S/c1-16(2)18-5-7-19(8-6-18)21-15-26-23(30-21)12-11-22(27)25-14-13-17-3-9-20(10-4-17)31(24,28)29/h3-10,15-16H,11-14H2,1-2H3,(H,25,27)(H2,24,28,29). The van der Waals surface area contributed by atoms with Crippen LogP contribution in [-0.2, 0) is 27.7 Å². The summed E-state index contributed by atoms with van der Waals surface area (Å²) in [5.41, 5.74) is 3.13. The van der Waals surface area contributed by atoms with Crippen LogP contribution in [-0.4, -0.2) is 25.9 Å². The molecule has 1 heterocycles. The van der Waals surface area contributed by atoms with Crippen LogP contribution in [0.2, 0.25) is 0 Å². The number of aromatic nitrogens is 1. The maximum Gasteiger partial charge on any atom is 0.238 e. The van der Waals surface area contributed by atoms with Crippen molar-refractivity contribution < 1.29 is 17.6 Å². The number of nitrogens with two attached hydrogens (primary N) is 1. The fraction of sp³-hybridized carbons (Fsp3) is 0.304. The fourth-order valence-electron chi connectivity index (χ4n) is 3.09. The Balaban J connectivity index is 1.44. The van der Waals surface area contributed by atoms with Crippen LogP contribution in [0.5, 0.6) is 0 Å². The lowest BCUT2D eigenvalue weighted by Crippen LogP contribution is -2.25. The highest BCUT2D eigenvalue weighted by atomic mass is 32.2. The fourth-order valence-corrected chi connectivity index (χ4v) is 3.61. The number of carbonyl (C=O) groups excluding carboxylic acids is 1. The topological polar surface area (TPSA) is 115 Å². The number of amides is 1. The third kappa shape index (κ3) is 6.50. The Hall–Kier alpha value is -2.97. The van der Waals surface area contributed by atoms with Crippen molar-refractivity contribution >= 4 is 15.9 Å². The molecular weight excluding hydrogens is 414 g/mol. The van der Waals surface area contributed by atoms with Crippen LogP contribution in [0.1, 0.15) is 43.2 Å². The predicted molar refractivity (Wildman–Crippen MR) is 119 cm³/mol. The minimum absolute atomic E-state index is 0.0708. The highest BCUT2D eigenvalue weighted by molar-refractivity contribution is 7.89. The molecule has 3 rings (SSSR count). The van der Waals surface area contributed by atoms with Crippen molar-refractivity contribution in [3.63, 3.8) is 0 Å². The van der Waals surface area contributed by atoms with Gasteiger partial charge in [-0.1, -0.05) is 50.2 Å². The van der Waals surface area contributed by atoms with E-state index in [1.807, 2.05) is 12.1 Å². The molecule has 0 unspecified atom stereocenters. The van der Waals surface area contributed by atoms with Crippen LogP contribution in [0.25, 0.3) is 11.3 Å². The van der Waals surface area contributed by atoms with Crippen LogP contribution in [0.3, 0.4) is 0 Å². The summed E-state index contributed by atoms with van der Waals surface area (Å²) in [5, 5.41) is 7.93. The largest absolute Gasteiger partial charge is 0.441 e. The summed E-state index contributed by atoms with van der Waals surface area (Å²) in [7, 11) is -3.69. The Morgan fingerprint density at radius 3 is 2.35 bits per heavy atom. The second kappa shape index (κ2) is 9.89. The molecular formula is C23H27N3O4S. The van der Waals surface area contributed by atoms with E-state index in [1.165, 1.54) is 17.7 Å². The molecule has 164 valence electrons. The summed E-state index contributed by atoms with van der Waals surface area (Å²) in [4.78, 5) is 16.4. The average Bonchev–Trinajstić information content (AvgIpc) is 3.21. The number of nitrogens with zero attached hydrogens (tertiary/aromatic N) is 1. The van der Waals surface area contributed by atoms with E-state index in [4.69, 9.17) is 9.56 Å². The molecule has 3 N–H and O–H groups in total. The summed E-state index contributed by atoms with van der Waals surface area (Å²) in [5.74, 6) is 1.59. The summed E-state index contributed by atoms with van der Waals surface area (Å²) in [6.45, 7) is 4.75. The second-order valence-electron chi connectivity index (χ2n) is 7.68. The van der Waals surface area contributed by atoms with Crippen molar-refractivity contribution in [3.8, 4) is 11.3 Å². The molecule has 3 aromatic rings. The molecule has 0 aliphatic heterocycles. The third-order valence-corrected chi connectivity index (χ3v) is 5.90. The number of sulfonamides is 1. The van der Waals surface area contributed by atoms with Gasteiger partial charge in [0, 0.05) is 24.9 Å². The first-order valence-corrected chi connectivity index (χ1v) is 11.7. The minimum atomic E-state index is -3.69. The van der Waals surface area contributed by atoms with Crippen LogP contribution in [0.15, 0.2) is 64.0 Å². The summed E-state index contributed by atoms with van der Waals surface area (Å²) < 4.78 is 28.3. The molecule has 7 nitrogen and oxygen atoms in total. The second-order valence-corrected chi connectivity index (χ2v) is 9.25. The Labute approximate surface area is 182 Å². The lowest BCUT2D eigenvalue weighted by molar-refractivity contribution is -0.121. The number of aryl methyl sites for hydroxylation is 1. The first-order valence-electron chi connectivity index (χ1n) is 10.2. The molecule has 0 fully saturated rings. The molecule has 0 saturated carbocycles. The molecule has 2 aromatic carbocycles. The number of hydrogen-bond donors (Lipinski definition) is 2. The number of nitrogens with one attached hydrogen (secondary N) is 1. The third-order valence-electron chi connectivity index (χ3n) is 4.97. The quantitative estimate of drug-likeness (QED) is 0.528. The monoisotopic (exact) mass is 441 g/mol. The van der Waals surface area contributed by atoms with Gasteiger partial charge in [0.2, 0.25) is 15.9 Å². The van der Waals surface area contributed by atoms with Gasteiger partial charge < -0.3 is 9.73 Å². The summed E-state index contributed by atoms with van der Waals surface area (Å²) >= 11 is 0. The number of primary sulfonamides is 1. The number of rotatable bonds is 9. The van der Waals surface area contributed by atoms with E-state index in [1.54, 1.807) is 18.3 Å². The lowest BCUT2D eigenvalue weighted by Gasteiger charge is -2.06. The van der Waals surface area contributed by atoms with Crippen molar-refractivity contribution in [3.05, 3.63) is 71.7 Å². The van der Waals surface area contributed by atoms with E-state index in [9.17, 15) is 13.2 Å². The van der Waals surface area contributed by atoms with Gasteiger partial charge in [0.05, 0.1) is 11.1 Å². The first kappa shape index (κ1) is 22.7. The summed E-state index contributed by atoms with van der Waals surface area (Å²) in [6, 6.07) is 14.5. The van der Waals surface area contributed by atoms with Crippen LogP contribution < -0.4 is 10.5 Å². The van der Waals surface area contributed by atoms with Crippen molar-refractivity contribution in [2.45, 2.75) is 43.9 Å². The van der Waals surface area contributed by atoms with Crippen molar-refractivity contribution in [1.29, 1.82) is 0 Å². The smallest absolute Gasteiger partial charge is 0.238 e. The number of benzene rings is 2. The molecule has 0 radical (unpaired) electrons. The molecule has 31 heavy (non-hydrogen) atoms. The molecule has 0 spiro atoms. The van der Waals surface area contributed by atoms with E-state index < -0.39 is 10.0 Å². The lowest BCUT2D eigenvalue weighted by atomic mass is 10.0. The summed E-state index contributed by atoms with van der Waals surface area (Å²) in [6.07, 6.45) is 2.96. The van der Waals surface area contributed by atoms with Gasteiger partial charge in [-0.3, -0.25) is 4.79 Å². The molecule has 1 amide bonds. The maximum atomic E-state index is 12.1. The Kier molecular flexibility index (Phi) is 7.25. The SMILES string of the molecule is CC(C)c1ccc(-c2cnc(CCC(=O)NCCc3ccc(S(N)(=O)=O)cc3)o2)cc1. The van der Waals surface area contributed by atoms with Crippen molar-refractivity contribution in [2.75, 3.05) is 6.54 Å². The van der Waals surface area contributed by atoms with Gasteiger partial charge in [-0.2, -0.15) is 0 Å². The van der Waals surface area contributed by atoms with Gasteiger partial charge in [-0.05, 0) is 35.6 Å². The minimum Gasteiger partial charge on any atom is -0.441 e. The molecule has 0 aliphatic rings. The van der Waals surface area contributed by atoms with Crippen molar-refractivity contribution in [1.82, 2.24) is 10.3 Å². The zero-order chi connectivity index (χ0) is 22.4. The van der Waals surface area contributed by atoms with E-state index in [0.29, 0.717) is 37.0 Å². The molecule has 0 bridgehead atoms. The Morgan fingerprint density at radius 2 is 1.74 bits per heavy atom. The van der Waals surface area contributed by atoms with Gasteiger partial charge in [0.1, 0.15) is 0 Å². The van der Waals surface area contributed by atoms with Gasteiger partial charge in [0.25, 0.3) is 0 Å².